The second-order valence-electron chi connectivity index (χ2n) is 3.07. The van der Waals surface area contributed by atoms with Gasteiger partial charge in [0.25, 0.3) is 10.1 Å². The van der Waals surface area contributed by atoms with Gasteiger partial charge in [-0.15, -0.1) is 0 Å². The van der Waals surface area contributed by atoms with Crippen LogP contribution in [0.2, 0.25) is 0 Å². The van der Waals surface area contributed by atoms with Gasteiger partial charge < -0.3 is 0 Å². The minimum atomic E-state index is -3.97. The molecule has 1 aromatic rings. The van der Waals surface area contributed by atoms with Crippen molar-refractivity contribution in [1.82, 2.24) is 0 Å². The Morgan fingerprint density at radius 2 is 2.00 bits per heavy atom. The van der Waals surface area contributed by atoms with E-state index in [1.54, 1.807) is 18.6 Å². The van der Waals surface area contributed by atoms with Gasteiger partial charge in [-0.25, -0.2) is 0 Å². The zero-order valence-corrected chi connectivity index (χ0v) is 7.66. The molecule has 69 valence electrons. The largest absolute Gasteiger partial charge is 0.285 e. The van der Waals surface area contributed by atoms with Crippen LogP contribution < -0.4 is 0 Å². The van der Waals surface area contributed by atoms with E-state index in [0.29, 0.717) is 12.0 Å². The molecule has 3 nitrogen and oxygen atoms in total. The summed E-state index contributed by atoms with van der Waals surface area (Å²) in [5, 5.41) is -0.830. The molecule has 0 heterocycles. The smallest absolute Gasteiger partial charge is 0.272 e. The normalized spacial score (nSPS) is 21.5. The van der Waals surface area contributed by atoms with Crippen molar-refractivity contribution in [2.75, 3.05) is 0 Å². The molecule has 1 radical (unpaired) electrons. The Morgan fingerprint density at radius 3 is 2.69 bits per heavy atom. The van der Waals surface area contributed by atoms with Crippen LogP contribution in [0, 0.1) is 6.42 Å². The van der Waals surface area contributed by atoms with Gasteiger partial charge >= 0.3 is 0 Å². The number of hydrogen-bond donors (Lipinski definition) is 1. The Morgan fingerprint density at radius 1 is 1.31 bits per heavy atom. The quantitative estimate of drug-likeness (QED) is 0.692. The lowest BCUT2D eigenvalue weighted by Crippen LogP contribution is -2.08. The zero-order chi connectivity index (χ0) is 9.47. The lowest BCUT2D eigenvalue weighted by Gasteiger charge is -2.06. The van der Waals surface area contributed by atoms with Crippen molar-refractivity contribution in [3.63, 3.8) is 0 Å². The van der Waals surface area contributed by atoms with Gasteiger partial charge in [0.05, 0.1) is 0 Å². The SMILES string of the molecule is O=S(=O)(O)C1[CH]Cc2ccccc21. The van der Waals surface area contributed by atoms with Gasteiger partial charge in [0.1, 0.15) is 5.25 Å². The van der Waals surface area contributed by atoms with E-state index in [4.69, 9.17) is 4.55 Å². The van der Waals surface area contributed by atoms with Crippen LogP contribution in [-0.2, 0) is 16.5 Å². The summed E-state index contributed by atoms with van der Waals surface area (Å²) in [5.74, 6) is 0. The first-order chi connectivity index (χ1) is 6.09. The van der Waals surface area contributed by atoms with Gasteiger partial charge in [-0.1, -0.05) is 24.3 Å². The van der Waals surface area contributed by atoms with E-state index < -0.39 is 15.4 Å². The molecule has 13 heavy (non-hydrogen) atoms. The van der Waals surface area contributed by atoms with E-state index >= 15 is 0 Å². The zero-order valence-electron chi connectivity index (χ0n) is 6.84. The van der Waals surface area contributed by atoms with Crippen molar-refractivity contribution >= 4 is 10.1 Å². The average molecular weight is 197 g/mol. The van der Waals surface area contributed by atoms with Crippen LogP contribution in [-0.4, -0.2) is 13.0 Å². The van der Waals surface area contributed by atoms with Crippen molar-refractivity contribution in [1.29, 1.82) is 0 Å². The van der Waals surface area contributed by atoms with Gasteiger partial charge in [0.15, 0.2) is 0 Å². The van der Waals surface area contributed by atoms with E-state index in [1.807, 2.05) is 12.1 Å². The van der Waals surface area contributed by atoms with Gasteiger partial charge in [-0.05, 0) is 24.0 Å². The van der Waals surface area contributed by atoms with Crippen LogP contribution in [0.5, 0.6) is 0 Å². The number of hydrogen-bond acceptors (Lipinski definition) is 2. The molecule has 1 unspecified atom stereocenters. The molecular formula is C9H9O3S. The third kappa shape index (κ3) is 1.47. The molecule has 0 saturated heterocycles. The second-order valence-corrected chi connectivity index (χ2v) is 4.61. The van der Waals surface area contributed by atoms with Crippen LogP contribution in [0.3, 0.4) is 0 Å². The van der Waals surface area contributed by atoms with E-state index in [0.717, 1.165) is 5.56 Å². The first-order valence-electron chi connectivity index (χ1n) is 3.96. The number of rotatable bonds is 1. The van der Waals surface area contributed by atoms with E-state index in [-0.39, 0.29) is 0 Å². The summed E-state index contributed by atoms with van der Waals surface area (Å²) in [6, 6.07) is 7.24. The Bertz CT molecular complexity index is 422. The maximum atomic E-state index is 10.9. The summed E-state index contributed by atoms with van der Waals surface area (Å²) < 4.78 is 30.7. The number of fused-ring (bicyclic) bond motifs is 1. The maximum Gasteiger partial charge on any atom is 0.272 e. The highest BCUT2D eigenvalue weighted by atomic mass is 32.2. The second kappa shape index (κ2) is 2.82. The fraction of sp³-hybridized carbons (Fsp3) is 0.222. The highest BCUT2D eigenvalue weighted by Gasteiger charge is 2.31. The summed E-state index contributed by atoms with van der Waals surface area (Å²) in [6.45, 7) is 0. The third-order valence-corrected chi connectivity index (χ3v) is 3.32. The Balaban J connectivity index is 2.51. The Hall–Kier alpha value is -0.870. The van der Waals surface area contributed by atoms with E-state index in [1.165, 1.54) is 0 Å². The van der Waals surface area contributed by atoms with Crippen molar-refractivity contribution < 1.29 is 13.0 Å². The highest BCUT2D eigenvalue weighted by Crippen LogP contribution is 2.35. The Labute approximate surface area is 77.1 Å². The van der Waals surface area contributed by atoms with Crippen molar-refractivity contribution in [3.8, 4) is 0 Å². The molecule has 0 saturated carbocycles. The molecule has 1 N–H and O–H groups in total. The first kappa shape index (κ1) is 8.72. The summed E-state index contributed by atoms with van der Waals surface area (Å²) in [7, 11) is -3.97. The lowest BCUT2D eigenvalue weighted by molar-refractivity contribution is 0.475. The van der Waals surface area contributed by atoms with Crippen LogP contribution in [0.25, 0.3) is 0 Å². The minimum absolute atomic E-state index is 0.612. The summed E-state index contributed by atoms with van der Waals surface area (Å²) in [5.41, 5.74) is 1.68. The molecule has 0 bridgehead atoms. The van der Waals surface area contributed by atoms with Gasteiger partial charge in [0.2, 0.25) is 0 Å². The molecule has 1 aliphatic carbocycles. The summed E-state index contributed by atoms with van der Waals surface area (Å²) in [4.78, 5) is 0. The van der Waals surface area contributed by atoms with Crippen LogP contribution in [0.1, 0.15) is 16.4 Å². The van der Waals surface area contributed by atoms with Crippen molar-refractivity contribution in [2.45, 2.75) is 11.7 Å². The fourth-order valence-corrected chi connectivity index (χ4v) is 2.53. The van der Waals surface area contributed by atoms with Crippen molar-refractivity contribution in [2.24, 2.45) is 0 Å². The van der Waals surface area contributed by atoms with Gasteiger partial charge in [0, 0.05) is 0 Å². The molecule has 2 rings (SSSR count). The molecule has 1 atom stereocenters. The van der Waals surface area contributed by atoms with E-state index in [2.05, 4.69) is 0 Å². The number of benzene rings is 1. The molecule has 1 aromatic carbocycles. The van der Waals surface area contributed by atoms with Crippen molar-refractivity contribution in [3.05, 3.63) is 41.8 Å². The molecule has 0 aromatic heterocycles. The molecule has 0 amide bonds. The summed E-state index contributed by atoms with van der Waals surface area (Å²) >= 11 is 0. The lowest BCUT2D eigenvalue weighted by atomic mass is 10.1. The van der Waals surface area contributed by atoms with Gasteiger partial charge in [-0.3, -0.25) is 4.55 Å². The predicted molar refractivity (Wildman–Crippen MR) is 48.7 cm³/mol. The molecule has 0 fully saturated rings. The molecular weight excluding hydrogens is 188 g/mol. The van der Waals surface area contributed by atoms with Crippen LogP contribution in [0.4, 0.5) is 0 Å². The minimum Gasteiger partial charge on any atom is -0.285 e. The maximum absolute atomic E-state index is 10.9. The topological polar surface area (TPSA) is 54.4 Å². The van der Waals surface area contributed by atoms with Crippen LogP contribution >= 0.6 is 0 Å². The van der Waals surface area contributed by atoms with Crippen LogP contribution in [0.15, 0.2) is 24.3 Å². The van der Waals surface area contributed by atoms with Gasteiger partial charge in [-0.2, -0.15) is 8.42 Å². The molecule has 4 heteroatoms. The fourth-order valence-electron chi connectivity index (χ4n) is 1.64. The first-order valence-corrected chi connectivity index (χ1v) is 5.47. The predicted octanol–water partition coefficient (Wildman–Crippen LogP) is 1.38. The monoisotopic (exact) mass is 197 g/mol. The third-order valence-electron chi connectivity index (χ3n) is 2.23. The average Bonchev–Trinajstić information content (AvgIpc) is 2.45. The highest BCUT2D eigenvalue weighted by molar-refractivity contribution is 7.86. The molecule has 1 aliphatic rings. The van der Waals surface area contributed by atoms with E-state index in [9.17, 15) is 8.42 Å². The standard InChI is InChI=1S/C9H9O3S/c10-13(11,12)9-6-5-7-3-1-2-4-8(7)9/h1-4,6,9H,5H2,(H,10,11,12). The summed E-state index contributed by atoms with van der Waals surface area (Å²) in [6.07, 6.45) is 2.22. The Kier molecular flexibility index (Phi) is 1.89. The molecule has 0 aliphatic heterocycles. The molecule has 0 spiro atoms.